The Morgan fingerprint density at radius 2 is 1.89 bits per heavy atom. The normalized spacial score (nSPS) is 11.9. The number of carbonyl (C=O) groups is 1. The molecular weight excluding hydrogens is 276 g/mol. The van der Waals surface area contributed by atoms with Gasteiger partial charge in [0.1, 0.15) is 11.6 Å². The fourth-order valence-corrected chi connectivity index (χ4v) is 1.63. The van der Waals surface area contributed by atoms with Crippen LogP contribution in [0.1, 0.15) is 6.92 Å². The van der Waals surface area contributed by atoms with Gasteiger partial charge in [-0.1, -0.05) is 0 Å². The average Bonchev–Trinajstić information content (AvgIpc) is 2.12. The molecular formula is C12H18ClF2N3O. The Balaban J connectivity index is 0.00000324. The maximum atomic E-state index is 12.9. The summed E-state index contributed by atoms with van der Waals surface area (Å²) in [6, 6.07) is 2.83. The van der Waals surface area contributed by atoms with Crippen LogP contribution in [0.5, 0.6) is 0 Å². The summed E-state index contributed by atoms with van der Waals surface area (Å²) in [6.45, 7) is 2.50. The molecule has 1 rings (SSSR count). The lowest BCUT2D eigenvalue weighted by Gasteiger charge is -2.18. The van der Waals surface area contributed by atoms with Gasteiger partial charge in [0, 0.05) is 24.3 Å². The van der Waals surface area contributed by atoms with Crippen molar-refractivity contribution in [2.24, 2.45) is 5.73 Å². The molecule has 0 spiro atoms. The highest BCUT2D eigenvalue weighted by molar-refractivity contribution is 5.92. The summed E-state index contributed by atoms with van der Waals surface area (Å²) >= 11 is 0. The van der Waals surface area contributed by atoms with Crippen LogP contribution in [0.2, 0.25) is 0 Å². The molecule has 1 aromatic carbocycles. The molecule has 0 fully saturated rings. The zero-order chi connectivity index (χ0) is 13.7. The molecule has 3 N–H and O–H groups in total. The van der Waals surface area contributed by atoms with Crippen molar-refractivity contribution in [3.05, 3.63) is 29.8 Å². The van der Waals surface area contributed by atoms with E-state index in [0.717, 1.165) is 18.2 Å². The van der Waals surface area contributed by atoms with E-state index in [4.69, 9.17) is 5.73 Å². The van der Waals surface area contributed by atoms with Crippen LogP contribution in [0.25, 0.3) is 0 Å². The molecule has 0 aliphatic rings. The largest absolute Gasteiger partial charge is 0.327 e. The van der Waals surface area contributed by atoms with E-state index in [9.17, 15) is 13.6 Å². The Hall–Kier alpha value is -1.24. The number of anilines is 1. The number of hydrogen-bond donors (Lipinski definition) is 2. The Bertz CT molecular complexity index is 409. The zero-order valence-electron chi connectivity index (χ0n) is 10.8. The third kappa shape index (κ3) is 7.05. The number of rotatable bonds is 5. The lowest BCUT2D eigenvalue weighted by molar-refractivity contribution is -0.117. The molecule has 0 heterocycles. The van der Waals surface area contributed by atoms with Crippen molar-refractivity contribution in [1.82, 2.24) is 4.90 Å². The third-order valence-corrected chi connectivity index (χ3v) is 2.16. The van der Waals surface area contributed by atoms with Gasteiger partial charge < -0.3 is 11.1 Å². The number of carbonyl (C=O) groups excluding carboxylic acids is 1. The predicted molar refractivity (Wildman–Crippen MR) is 73.4 cm³/mol. The minimum atomic E-state index is -0.728. The molecule has 7 heteroatoms. The number of halogens is 3. The summed E-state index contributed by atoms with van der Waals surface area (Å²) in [4.78, 5) is 13.3. The maximum absolute atomic E-state index is 12.9. The first-order valence-corrected chi connectivity index (χ1v) is 5.57. The number of nitrogens with zero attached hydrogens (tertiary/aromatic N) is 1. The van der Waals surface area contributed by atoms with Crippen LogP contribution in [-0.2, 0) is 4.79 Å². The number of benzene rings is 1. The van der Waals surface area contributed by atoms with Crippen molar-refractivity contribution < 1.29 is 13.6 Å². The molecule has 0 aliphatic heterocycles. The topological polar surface area (TPSA) is 58.4 Å². The van der Waals surface area contributed by atoms with Gasteiger partial charge in [-0.3, -0.25) is 9.69 Å². The van der Waals surface area contributed by atoms with Crippen LogP contribution >= 0.6 is 12.4 Å². The number of nitrogens with one attached hydrogen (secondary N) is 1. The van der Waals surface area contributed by atoms with E-state index in [2.05, 4.69) is 5.32 Å². The maximum Gasteiger partial charge on any atom is 0.238 e. The molecule has 19 heavy (non-hydrogen) atoms. The summed E-state index contributed by atoms with van der Waals surface area (Å²) in [5.41, 5.74) is 5.69. The minimum absolute atomic E-state index is 0. The highest BCUT2D eigenvalue weighted by Crippen LogP contribution is 2.12. The monoisotopic (exact) mass is 293 g/mol. The molecule has 0 aromatic heterocycles. The Kier molecular flexibility index (Phi) is 7.51. The zero-order valence-corrected chi connectivity index (χ0v) is 11.6. The van der Waals surface area contributed by atoms with Crippen LogP contribution in [-0.4, -0.2) is 37.0 Å². The van der Waals surface area contributed by atoms with Gasteiger partial charge in [0.15, 0.2) is 0 Å². The molecule has 0 radical (unpaired) electrons. The van der Waals surface area contributed by atoms with Gasteiger partial charge in [-0.25, -0.2) is 8.78 Å². The standard InChI is InChI=1S/C12H17F2N3O.ClH/c1-8(15)6-17(2)7-12(18)16-11-4-9(13)3-10(14)5-11;/h3-5,8H,6-7,15H2,1-2H3,(H,16,18);1H. The van der Waals surface area contributed by atoms with Crippen LogP contribution in [0.3, 0.4) is 0 Å². The molecule has 4 nitrogen and oxygen atoms in total. The highest BCUT2D eigenvalue weighted by atomic mass is 35.5. The summed E-state index contributed by atoms with van der Waals surface area (Å²) in [5.74, 6) is -1.80. The van der Waals surface area contributed by atoms with Crippen molar-refractivity contribution >= 4 is 24.0 Å². The molecule has 0 saturated carbocycles. The summed E-state index contributed by atoms with van der Waals surface area (Å²) in [5, 5.41) is 2.43. The van der Waals surface area contributed by atoms with Crippen molar-refractivity contribution in [3.63, 3.8) is 0 Å². The molecule has 1 aromatic rings. The second kappa shape index (κ2) is 8.04. The molecule has 1 unspecified atom stereocenters. The minimum Gasteiger partial charge on any atom is -0.327 e. The van der Waals surface area contributed by atoms with Crippen molar-refractivity contribution in [2.75, 3.05) is 25.5 Å². The number of hydrogen-bond acceptors (Lipinski definition) is 3. The Labute approximate surface area is 117 Å². The SMILES string of the molecule is CC(N)CN(C)CC(=O)Nc1cc(F)cc(F)c1.Cl. The van der Waals surface area contributed by atoms with Gasteiger partial charge >= 0.3 is 0 Å². The van der Waals surface area contributed by atoms with E-state index >= 15 is 0 Å². The van der Waals surface area contributed by atoms with Crippen LogP contribution in [0.4, 0.5) is 14.5 Å². The fraction of sp³-hybridized carbons (Fsp3) is 0.417. The smallest absolute Gasteiger partial charge is 0.238 e. The lowest BCUT2D eigenvalue weighted by atomic mass is 10.3. The van der Waals surface area contributed by atoms with E-state index in [1.807, 2.05) is 6.92 Å². The quantitative estimate of drug-likeness (QED) is 0.867. The van der Waals surface area contributed by atoms with E-state index in [0.29, 0.717) is 6.54 Å². The van der Waals surface area contributed by atoms with Gasteiger partial charge in [0.25, 0.3) is 0 Å². The van der Waals surface area contributed by atoms with Crippen molar-refractivity contribution in [3.8, 4) is 0 Å². The van der Waals surface area contributed by atoms with E-state index in [1.165, 1.54) is 0 Å². The van der Waals surface area contributed by atoms with E-state index in [-0.39, 0.29) is 36.6 Å². The summed E-state index contributed by atoms with van der Waals surface area (Å²) in [7, 11) is 1.75. The van der Waals surface area contributed by atoms with E-state index in [1.54, 1.807) is 11.9 Å². The second-order valence-electron chi connectivity index (χ2n) is 4.38. The van der Waals surface area contributed by atoms with Crippen LogP contribution < -0.4 is 11.1 Å². The summed E-state index contributed by atoms with van der Waals surface area (Å²) < 4.78 is 25.8. The average molecular weight is 294 g/mol. The number of nitrogens with two attached hydrogens (primary N) is 1. The number of likely N-dealkylation sites (N-methyl/N-ethyl adjacent to an activating group) is 1. The third-order valence-electron chi connectivity index (χ3n) is 2.16. The molecule has 0 saturated heterocycles. The van der Waals surface area contributed by atoms with Gasteiger partial charge in [-0.05, 0) is 26.1 Å². The van der Waals surface area contributed by atoms with Gasteiger partial charge in [0.05, 0.1) is 6.54 Å². The predicted octanol–water partition coefficient (Wildman–Crippen LogP) is 1.60. The Morgan fingerprint density at radius 1 is 1.37 bits per heavy atom. The molecule has 0 aliphatic carbocycles. The van der Waals surface area contributed by atoms with Crippen LogP contribution in [0, 0.1) is 11.6 Å². The lowest BCUT2D eigenvalue weighted by Crippen LogP contribution is -2.37. The molecule has 0 bridgehead atoms. The molecule has 1 amide bonds. The highest BCUT2D eigenvalue weighted by Gasteiger charge is 2.09. The second-order valence-corrected chi connectivity index (χ2v) is 4.38. The molecule has 1 atom stereocenters. The van der Waals surface area contributed by atoms with Gasteiger partial charge in [0.2, 0.25) is 5.91 Å². The van der Waals surface area contributed by atoms with Crippen molar-refractivity contribution in [1.29, 1.82) is 0 Å². The first-order chi connectivity index (χ1) is 8.36. The van der Waals surface area contributed by atoms with Gasteiger partial charge in [-0.2, -0.15) is 0 Å². The van der Waals surface area contributed by atoms with Gasteiger partial charge in [-0.15, -0.1) is 12.4 Å². The fourth-order valence-electron chi connectivity index (χ4n) is 1.63. The molecule has 108 valence electrons. The first kappa shape index (κ1) is 17.8. The van der Waals surface area contributed by atoms with E-state index < -0.39 is 11.6 Å². The first-order valence-electron chi connectivity index (χ1n) is 5.57. The summed E-state index contributed by atoms with van der Waals surface area (Å²) in [6.07, 6.45) is 0. The van der Waals surface area contributed by atoms with Crippen LogP contribution in [0.15, 0.2) is 18.2 Å². The Morgan fingerprint density at radius 3 is 2.37 bits per heavy atom. The van der Waals surface area contributed by atoms with Crippen molar-refractivity contribution in [2.45, 2.75) is 13.0 Å². The number of amides is 1.